The Morgan fingerprint density at radius 2 is 2.00 bits per heavy atom. The van der Waals surface area contributed by atoms with Crippen molar-refractivity contribution in [2.75, 3.05) is 33.4 Å². The molecule has 1 aromatic rings. The maximum atomic E-state index is 6.36. The molecule has 0 spiro atoms. The molecule has 2 rings (SSSR count). The number of hydrogen-bond donors (Lipinski definition) is 1. The predicted octanol–water partition coefficient (Wildman–Crippen LogP) is 2.27. The van der Waals surface area contributed by atoms with Crippen molar-refractivity contribution in [2.45, 2.75) is 26.3 Å². The number of benzene rings is 1. The fourth-order valence-electron chi connectivity index (χ4n) is 3.06. The standard InChI is InChI=1S/C16H26N2O/c1-12-6-13(2)8-15(7-12)16(17)10-18-5-4-14(9-18)11-19-3/h6-8,14,16H,4-5,9-11,17H2,1-3H3. The van der Waals surface area contributed by atoms with Gasteiger partial charge in [-0.2, -0.15) is 0 Å². The molecule has 3 heteroatoms. The third-order valence-corrected chi connectivity index (χ3v) is 3.90. The third kappa shape index (κ3) is 4.03. The van der Waals surface area contributed by atoms with Crippen molar-refractivity contribution in [1.29, 1.82) is 0 Å². The number of likely N-dealkylation sites (tertiary alicyclic amines) is 1. The van der Waals surface area contributed by atoms with Crippen LogP contribution in [0.4, 0.5) is 0 Å². The van der Waals surface area contributed by atoms with E-state index in [0.717, 1.165) is 26.2 Å². The number of hydrogen-bond acceptors (Lipinski definition) is 3. The molecule has 1 saturated heterocycles. The van der Waals surface area contributed by atoms with Crippen LogP contribution in [-0.4, -0.2) is 38.3 Å². The molecular weight excluding hydrogens is 236 g/mol. The van der Waals surface area contributed by atoms with E-state index in [9.17, 15) is 0 Å². The van der Waals surface area contributed by atoms with Gasteiger partial charge < -0.3 is 15.4 Å². The van der Waals surface area contributed by atoms with Crippen molar-refractivity contribution in [2.24, 2.45) is 11.7 Å². The van der Waals surface area contributed by atoms with Gasteiger partial charge in [0, 0.05) is 26.2 Å². The summed E-state index contributed by atoms with van der Waals surface area (Å²) in [5.41, 5.74) is 10.2. The number of nitrogens with zero attached hydrogens (tertiary/aromatic N) is 1. The third-order valence-electron chi connectivity index (χ3n) is 3.90. The van der Waals surface area contributed by atoms with Crippen LogP contribution in [0.15, 0.2) is 18.2 Å². The Hall–Kier alpha value is -0.900. The van der Waals surface area contributed by atoms with Gasteiger partial charge in [0.1, 0.15) is 0 Å². The summed E-state index contributed by atoms with van der Waals surface area (Å²) in [7, 11) is 1.78. The Balaban J connectivity index is 1.92. The van der Waals surface area contributed by atoms with E-state index < -0.39 is 0 Å². The highest BCUT2D eigenvalue weighted by Gasteiger charge is 2.23. The minimum Gasteiger partial charge on any atom is -0.384 e. The molecule has 1 aromatic carbocycles. The zero-order valence-corrected chi connectivity index (χ0v) is 12.4. The fraction of sp³-hybridized carbons (Fsp3) is 0.625. The van der Waals surface area contributed by atoms with Gasteiger partial charge in [-0.1, -0.05) is 29.3 Å². The van der Waals surface area contributed by atoms with Crippen LogP contribution in [0.25, 0.3) is 0 Å². The lowest BCUT2D eigenvalue weighted by Crippen LogP contribution is -2.31. The largest absolute Gasteiger partial charge is 0.384 e. The lowest BCUT2D eigenvalue weighted by molar-refractivity contribution is 0.152. The van der Waals surface area contributed by atoms with Crippen LogP contribution >= 0.6 is 0 Å². The van der Waals surface area contributed by atoms with E-state index in [-0.39, 0.29) is 6.04 Å². The van der Waals surface area contributed by atoms with E-state index in [1.165, 1.54) is 23.1 Å². The molecule has 3 nitrogen and oxygen atoms in total. The van der Waals surface area contributed by atoms with Crippen molar-refractivity contribution >= 4 is 0 Å². The molecule has 1 aliphatic rings. The Bertz CT molecular complexity index is 399. The van der Waals surface area contributed by atoms with E-state index in [1.54, 1.807) is 7.11 Å². The second-order valence-corrected chi connectivity index (χ2v) is 5.90. The number of ether oxygens (including phenoxy) is 1. The normalized spacial score (nSPS) is 21.8. The molecule has 0 aromatic heterocycles. The minimum absolute atomic E-state index is 0.111. The highest BCUT2D eigenvalue weighted by molar-refractivity contribution is 5.30. The lowest BCUT2D eigenvalue weighted by Gasteiger charge is -2.21. The molecule has 106 valence electrons. The van der Waals surface area contributed by atoms with E-state index >= 15 is 0 Å². The first-order valence-corrected chi connectivity index (χ1v) is 7.13. The van der Waals surface area contributed by atoms with Crippen LogP contribution in [0.1, 0.15) is 29.2 Å². The number of aryl methyl sites for hydroxylation is 2. The van der Waals surface area contributed by atoms with Crippen LogP contribution < -0.4 is 5.73 Å². The molecule has 0 amide bonds. The molecule has 0 saturated carbocycles. The Kier molecular flexibility index (Phi) is 4.97. The van der Waals surface area contributed by atoms with Crippen LogP contribution in [0.5, 0.6) is 0 Å². The maximum Gasteiger partial charge on any atom is 0.0503 e. The van der Waals surface area contributed by atoms with Crippen molar-refractivity contribution < 1.29 is 4.74 Å². The first kappa shape index (κ1) is 14.5. The summed E-state index contributed by atoms with van der Waals surface area (Å²) in [4.78, 5) is 2.46. The first-order chi connectivity index (χ1) is 9.08. The van der Waals surface area contributed by atoms with Gasteiger partial charge in [0.2, 0.25) is 0 Å². The van der Waals surface area contributed by atoms with Gasteiger partial charge in [-0.05, 0) is 38.3 Å². The summed E-state index contributed by atoms with van der Waals surface area (Å²) in [6.45, 7) is 8.35. The van der Waals surface area contributed by atoms with Gasteiger partial charge in [0.25, 0.3) is 0 Å². The smallest absolute Gasteiger partial charge is 0.0503 e. The number of methoxy groups -OCH3 is 1. The number of rotatable bonds is 5. The van der Waals surface area contributed by atoms with Crippen LogP contribution in [0, 0.1) is 19.8 Å². The molecule has 2 N–H and O–H groups in total. The van der Waals surface area contributed by atoms with Crippen LogP contribution in [-0.2, 0) is 4.74 Å². The maximum absolute atomic E-state index is 6.36. The molecule has 1 aliphatic heterocycles. The average molecular weight is 262 g/mol. The predicted molar refractivity (Wildman–Crippen MR) is 79.3 cm³/mol. The summed E-state index contributed by atoms with van der Waals surface area (Å²) in [6, 6.07) is 6.72. The topological polar surface area (TPSA) is 38.5 Å². The van der Waals surface area contributed by atoms with Gasteiger partial charge in [0.05, 0.1) is 6.61 Å². The van der Waals surface area contributed by atoms with E-state index in [0.29, 0.717) is 5.92 Å². The van der Waals surface area contributed by atoms with Gasteiger partial charge in [-0.3, -0.25) is 0 Å². The quantitative estimate of drug-likeness (QED) is 0.884. The highest BCUT2D eigenvalue weighted by Crippen LogP contribution is 2.21. The van der Waals surface area contributed by atoms with Crippen LogP contribution in [0.3, 0.4) is 0 Å². The highest BCUT2D eigenvalue weighted by atomic mass is 16.5. The Labute approximate surface area is 116 Å². The second kappa shape index (κ2) is 6.51. The van der Waals surface area contributed by atoms with E-state index in [2.05, 4.69) is 36.9 Å². The average Bonchev–Trinajstić information content (AvgIpc) is 2.76. The molecule has 2 unspecified atom stereocenters. The summed E-state index contributed by atoms with van der Waals surface area (Å²) >= 11 is 0. The van der Waals surface area contributed by atoms with Gasteiger partial charge in [-0.15, -0.1) is 0 Å². The zero-order chi connectivity index (χ0) is 13.8. The second-order valence-electron chi connectivity index (χ2n) is 5.90. The summed E-state index contributed by atoms with van der Waals surface area (Å²) < 4.78 is 5.24. The van der Waals surface area contributed by atoms with Crippen molar-refractivity contribution in [1.82, 2.24) is 4.90 Å². The van der Waals surface area contributed by atoms with E-state index in [4.69, 9.17) is 10.5 Å². The van der Waals surface area contributed by atoms with Crippen molar-refractivity contribution in [3.8, 4) is 0 Å². The summed E-state index contributed by atoms with van der Waals surface area (Å²) in [6.07, 6.45) is 1.23. The zero-order valence-electron chi connectivity index (χ0n) is 12.4. The van der Waals surface area contributed by atoms with Crippen molar-refractivity contribution in [3.05, 3.63) is 34.9 Å². The van der Waals surface area contributed by atoms with E-state index in [1.807, 2.05) is 0 Å². The molecule has 19 heavy (non-hydrogen) atoms. The Morgan fingerprint density at radius 1 is 1.32 bits per heavy atom. The minimum atomic E-state index is 0.111. The van der Waals surface area contributed by atoms with Gasteiger partial charge >= 0.3 is 0 Å². The van der Waals surface area contributed by atoms with Crippen molar-refractivity contribution in [3.63, 3.8) is 0 Å². The van der Waals surface area contributed by atoms with Gasteiger partial charge in [-0.25, -0.2) is 0 Å². The number of nitrogens with two attached hydrogens (primary N) is 1. The molecule has 0 aliphatic carbocycles. The van der Waals surface area contributed by atoms with Crippen LogP contribution in [0.2, 0.25) is 0 Å². The molecule has 1 fully saturated rings. The molecule has 0 bridgehead atoms. The SMILES string of the molecule is COCC1CCN(CC(N)c2cc(C)cc(C)c2)C1. The first-order valence-electron chi connectivity index (χ1n) is 7.13. The fourth-order valence-corrected chi connectivity index (χ4v) is 3.06. The monoisotopic (exact) mass is 262 g/mol. The lowest BCUT2D eigenvalue weighted by atomic mass is 10.0. The van der Waals surface area contributed by atoms with Gasteiger partial charge in [0.15, 0.2) is 0 Å². The molecule has 2 atom stereocenters. The summed E-state index contributed by atoms with van der Waals surface area (Å²) in [5.74, 6) is 0.677. The summed E-state index contributed by atoms with van der Waals surface area (Å²) in [5, 5.41) is 0. The Morgan fingerprint density at radius 3 is 2.63 bits per heavy atom. The molecule has 1 heterocycles. The molecular formula is C16H26N2O. The molecule has 0 radical (unpaired) electrons.